The Hall–Kier alpha value is -0.960. The minimum Gasteiger partial charge on any atom is -0.379 e. The molecule has 1 fully saturated rings. The van der Waals surface area contributed by atoms with E-state index < -0.39 is 10.0 Å². The Labute approximate surface area is 141 Å². The lowest BCUT2D eigenvalue weighted by molar-refractivity contribution is -0.124. The quantitative estimate of drug-likeness (QED) is 0.805. The van der Waals surface area contributed by atoms with Crippen LogP contribution < -0.4 is 5.32 Å². The molecule has 8 heteroatoms. The molecule has 1 saturated heterocycles. The van der Waals surface area contributed by atoms with Crippen LogP contribution in [0.25, 0.3) is 0 Å². The summed E-state index contributed by atoms with van der Waals surface area (Å²) in [5, 5.41) is 2.87. The van der Waals surface area contributed by atoms with Gasteiger partial charge in [0.15, 0.2) is 0 Å². The number of nitrogens with zero attached hydrogens (tertiary/aromatic N) is 1. The Morgan fingerprint density at radius 1 is 1.39 bits per heavy atom. The molecule has 1 amide bonds. The van der Waals surface area contributed by atoms with Crippen LogP contribution >= 0.6 is 11.3 Å². The zero-order valence-corrected chi connectivity index (χ0v) is 15.2. The van der Waals surface area contributed by atoms with Crippen molar-refractivity contribution in [3.8, 4) is 0 Å². The van der Waals surface area contributed by atoms with E-state index in [2.05, 4.69) is 5.32 Å². The first-order valence-electron chi connectivity index (χ1n) is 7.89. The molecule has 0 aliphatic carbocycles. The van der Waals surface area contributed by atoms with E-state index in [0.29, 0.717) is 37.1 Å². The number of ether oxygens (including phenoxy) is 1. The van der Waals surface area contributed by atoms with Crippen LogP contribution in [0.4, 0.5) is 0 Å². The fraction of sp³-hybridized carbons (Fsp3) is 0.667. The minimum atomic E-state index is -3.45. The molecule has 1 atom stereocenters. The normalized spacial score (nSPS) is 17.8. The van der Waals surface area contributed by atoms with E-state index in [-0.39, 0.29) is 11.8 Å². The Morgan fingerprint density at radius 2 is 2.09 bits per heavy atom. The first-order valence-corrected chi connectivity index (χ1v) is 10.1. The van der Waals surface area contributed by atoms with Crippen LogP contribution in [0.2, 0.25) is 0 Å². The van der Waals surface area contributed by atoms with Crippen molar-refractivity contribution in [3.63, 3.8) is 0 Å². The molecule has 0 bridgehead atoms. The number of carbonyl (C=O) groups excluding carboxylic acids is 1. The number of sulfonamides is 1. The van der Waals surface area contributed by atoms with Crippen LogP contribution in [0, 0.1) is 5.92 Å². The van der Waals surface area contributed by atoms with Crippen molar-refractivity contribution in [2.75, 3.05) is 26.3 Å². The van der Waals surface area contributed by atoms with Crippen LogP contribution in [0.15, 0.2) is 16.3 Å². The number of morpholine rings is 1. The molecule has 2 heterocycles. The largest absolute Gasteiger partial charge is 0.379 e. The van der Waals surface area contributed by atoms with Gasteiger partial charge in [-0.25, -0.2) is 8.42 Å². The molecule has 130 valence electrons. The predicted octanol–water partition coefficient (Wildman–Crippen LogP) is 1.82. The van der Waals surface area contributed by atoms with Crippen LogP contribution in [0.5, 0.6) is 0 Å². The van der Waals surface area contributed by atoms with E-state index in [1.165, 1.54) is 15.6 Å². The predicted molar refractivity (Wildman–Crippen MR) is 89.8 cm³/mol. The molecule has 0 aromatic carbocycles. The lowest BCUT2D eigenvalue weighted by atomic mass is 10.1. The lowest BCUT2D eigenvalue weighted by Gasteiger charge is -2.25. The van der Waals surface area contributed by atoms with E-state index in [1.54, 1.807) is 12.1 Å². The third kappa shape index (κ3) is 4.76. The van der Waals surface area contributed by atoms with Gasteiger partial charge in [0.2, 0.25) is 5.91 Å². The van der Waals surface area contributed by atoms with Crippen molar-refractivity contribution in [2.24, 2.45) is 5.92 Å². The second-order valence-electron chi connectivity index (χ2n) is 5.64. The molecule has 23 heavy (non-hydrogen) atoms. The molecule has 1 aromatic heterocycles. The Morgan fingerprint density at radius 3 is 2.74 bits per heavy atom. The van der Waals surface area contributed by atoms with E-state index in [9.17, 15) is 13.2 Å². The van der Waals surface area contributed by atoms with Crippen molar-refractivity contribution in [1.29, 1.82) is 0 Å². The van der Waals surface area contributed by atoms with Gasteiger partial charge >= 0.3 is 0 Å². The van der Waals surface area contributed by atoms with Crippen molar-refractivity contribution in [3.05, 3.63) is 17.0 Å². The van der Waals surface area contributed by atoms with E-state index in [4.69, 9.17) is 4.74 Å². The summed E-state index contributed by atoms with van der Waals surface area (Å²) in [5.41, 5.74) is 0. The topological polar surface area (TPSA) is 75.7 Å². The molecule has 1 N–H and O–H groups in total. The zero-order chi connectivity index (χ0) is 16.9. The number of rotatable bonds is 7. The molecule has 1 unspecified atom stereocenters. The van der Waals surface area contributed by atoms with E-state index in [1.807, 2.05) is 13.8 Å². The van der Waals surface area contributed by atoms with E-state index in [0.717, 1.165) is 17.7 Å². The smallest absolute Gasteiger partial charge is 0.252 e. The molecular formula is C15H24N2O4S2. The fourth-order valence-corrected chi connectivity index (χ4v) is 5.28. The second-order valence-corrected chi connectivity index (χ2v) is 8.98. The van der Waals surface area contributed by atoms with Crippen LogP contribution in [-0.4, -0.2) is 44.9 Å². The van der Waals surface area contributed by atoms with Crippen LogP contribution in [0.1, 0.15) is 31.6 Å². The van der Waals surface area contributed by atoms with Crippen LogP contribution in [0.3, 0.4) is 0 Å². The van der Waals surface area contributed by atoms with Gasteiger partial charge in [-0.05, 0) is 18.6 Å². The lowest BCUT2D eigenvalue weighted by Crippen LogP contribution is -2.40. The average Bonchev–Trinajstić information content (AvgIpc) is 3.03. The number of hydrogen-bond donors (Lipinski definition) is 1. The van der Waals surface area contributed by atoms with Gasteiger partial charge in [0.05, 0.1) is 19.8 Å². The monoisotopic (exact) mass is 360 g/mol. The van der Waals surface area contributed by atoms with Gasteiger partial charge in [0, 0.05) is 23.9 Å². The van der Waals surface area contributed by atoms with Crippen molar-refractivity contribution < 1.29 is 17.9 Å². The molecule has 2 rings (SSSR count). The van der Waals surface area contributed by atoms with Gasteiger partial charge in [-0.1, -0.05) is 20.3 Å². The minimum absolute atomic E-state index is 0.0119. The second kappa shape index (κ2) is 8.23. The number of thiophene rings is 1. The highest BCUT2D eigenvalue weighted by Crippen LogP contribution is 2.25. The van der Waals surface area contributed by atoms with Gasteiger partial charge in [-0.2, -0.15) is 4.31 Å². The highest BCUT2D eigenvalue weighted by Gasteiger charge is 2.27. The van der Waals surface area contributed by atoms with Gasteiger partial charge < -0.3 is 10.1 Å². The summed E-state index contributed by atoms with van der Waals surface area (Å²) in [6.45, 7) is 5.97. The summed E-state index contributed by atoms with van der Waals surface area (Å²) < 4.78 is 32.0. The summed E-state index contributed by atoms with van der Waals surface area (Å²) in [6, 6.07) is 3.38. The first-order chi connectivity index (χ1) is 10.9. The summed E-state index contributed by atoms with van der Waals surface area (Å²) in [6.07, 6.45) is 1.82. The van der Waals surface area contributed by atoms with Gasteiger partial charge in [-0.3, -0.25) is 4.79 Å². The summed E-state index contributed by atoms with van der Waals surface area (Å²) in [4.78, 5) is 12.8. The SMILES string of the molecule is CCCC(C)C(=O)NCc1ccc(S(=O)(=O)N2CCOCC2)s1. The van der Waals surface area contributed by atoms with Crippen molar-refractivity contribution >= 4 is 27.3 Å². The standard InChI is InChI=1S/C15H24N2O4S2/c1-3-4-12(2)15(18)16-11-13-5-6-14(22-13)23(19,20)17-7-9-21-10-8-17/h5-6,12H,3-4,7-11H2,1-2H3,(H,16,18). The number of carbonyl (C=O) groups is 1. The molecular weight excluding hydrogens is 336 g/mol. The Kier molecular flexibility index (Phi) is 6.58. The van der Waals surface area contributed by atoms with Crippen LogP contribution in [-0.2, 0) is 26.1 Å². The fourth-order valence-electron chi connectivity index (χ4n) is 2.42. The highest BCUT2D eigenvalue weighted by molar-refractivity contribution is 7.91. The maximum atomic E-state index is 12.5. The maximum Gasteiger partial charge on any atom is 0.252 e. The van der Waals surface area contributed by atoms with Gasteiger partial charge in [0.25, 0.3) is 10.0 Å². The maximum absolute atomic E-state index is 12.5. The molecule has 6 nitrogen and oxygen atoms in total. The molecule has 0 saturated carbocycles. The number of hydrogen-bond acceptors (Lipinski definition) is 5. The molecule has 1 aliphatic heterocycles. The summed E-state index contributed by atoms with van der Waals surface area (Å²) >= 11 is 1.22. The number of amides is 1. The van der Waals surface area contributed by atoms with Gasteiger partial charge in [-0.15, -0.1) is 11.3 Å². The van der Waals surface area contributed by atoms with Crippen molar-refractivity contribution in [1.82, 2.24) is 9.62 Å². The Bertz CT molecular complexity index is 621. The number of nitrogens with one attached hydrogen (secondary N) is 1. The third-order valence-electron chi connectivity index (χ3n) is 3.81. The first kappa shape index (κ1) is 18.4. The summed E-state index contributed by atoms with van der Waals surface area (Å²) in [5.74, 6) is -0.00523. The molecule has 0 spiro atoms. The third-order valence-corrected chi connectivity index (χ3v) is 7.26. The van der Waals surface area contributed by atoms with E-state index >= 15 is 0 Å². The van der Waals surface area contributed by atoms with Crippen molar-refractivity contribution in [2.45, 2.75) is 37.4 Å². The van der Waals surface area contributed by atoms with Gasteiger partial charge in [0.1, 0.15) is 4.21 Å². The molecule has 0 radical (unpaired) electrons. The molecule has 1 aromatic rings. The highest BCUT2D eigenvalue weighted by atomic mass is 32.2. The average molecular weight is 361 g/mol. The Balaban J connectivity index is 1.96. The molecule has 1 aliphatic rings. The summed E-state index contributed by atoms with van der Waals surface area (Å²) in [7, 11) is -3.45. The zero-order valence-electron chi connectivity index (χ0n) is 13.6.